The highest BCUT2D eigenvalue weighted by Gasteiger charge is 2.14. The van der Waals surface area contributed by atoms with Crippen molar-refractivity contribution in [3.63, 3.8) is 0 Å². The van der Waals surface area contributed by atoms with Crippen molar-refractivity contribution in [2.24, 2.45) is 0 Å². The molecule has 0 saturated heterocycles. The Morgan fingerprint density at radius 1 is 1.47 bits per heavy atom. The van der Waals surface area contributed by atoms with Crippen LogP contribution < -0.4 is 4.74 Å². The number of esters is 1. The molecule has 104 valence electrons. The van der Waals surface area contributed by atoms with E-state index in [1.807, 2.05) is 6.92 Å². The number of hydrogen-bond donors (Lipinski definition) is 0. The zero-order valence-corrected chi connectivity index (χ0v) is 11.2. The maximum Gasteiger partial charge on any atom is 0.311 e. The fourth-order valence-corrected chi connectivity index (χ4v) is 1.58. The molecule has 0 aliphatic heterocycles. The van der Waals surface area contributed by atoms with Crippen LogP contribution in [-0.4, -0.2) is 24.1 Å². The maximum atomic E-state index is 11.5. The van der Waals surface area contributed by atoms with Crippen LogP contribution in [-0.2, 0) is 9.53 Å². The third-order valence-corrected chi connectivity index (χ3v) is 2.52. The van der Waals surface area contributed by atoms with E-state index in [0.29, 0.717) is 19.6 Å². The van der Waals surface area contributed by atoms with E-state index in [1.165, 1.54) is 18.2 Å². The van der Waals surface area contributed by atoms with Crippen LogP contribution in [0, 0.1) is 10.1 Å². The number of halogens is 1. The van der Waals surface area contributed by atoms with Gasteiger partial charge < -0.3 is 9.47 Å². The lowest BCUT2D eigenvalue weighted by atomic mass is 10.3. The van der Waals surface area contributed by atoms with Gasteiger partial charge in [0.15, 0.2) is 0 Å². The van der Waals surface area contributed by atoms with E-state index in [1.54, 1.807) is 0 Å². The molecule has 0 bridgehead atoms. The average Bonchev–Trinajstić information content (AvgIpc) is 2.34. The molecule has 0 N–H and O–H groups in total. The molecule has 0 spiro atoms. The van der Waals surface area contributed by atoms with Crippen LogP contribution in [0.2, 0.25) is 5.02 Å². The van der Waals surface area contributed by atoms with Gasteiger partial charge in [0.05, 0.1) is 4.92 Å². The van der Waals surface area contributed by atoms with Gasteiger partial charge in [0, 0.05) is 31.8 Å². The van der Waals surface area contributed by atoms with Crippen molar-refractivity contribution in [1.29, 1.82) is 0 Å². The predicted molar refractivity (Wildman–Crippen MR) is 69.5 cm³/mol. The van der Waals surface area contributed by atoms with Crippen LogP contribution in [0.4, 0.5) is 5.69 Å². The summed E-state index contributed by atoms with van der Waals surface area (Å²) in [7, 11) is 0. The van der Waals surface area contributed by atoms with Gasteiger partial charge >= 0.3 is 5.97 Å². The molecule has 1 aromatic carbocycles. The van der Waals surface area contributed by atoms with Crippen molar-refractivity contribution in [2.45, 2.75) is 19.8 Å². The van der Waals surface area contributed by atoms with Gasteiger partial charge in [-0.15, -0.1) is 0 Å². The number of nitro groups is 1. The fraction of sp³-hybridized carbons (Fsp3) is 0.417. The van der Waals surface area contributed by atoms with Gasteiger partial charge in [-0.05, 0) is 19.4 Å². The second kappa shape index (κ2) is 7.70. The third-order valence-electron chi connectivity index (χ3n) is 2.22. The lowest BCUT2D eigenvalue weighted by molar-refractivity contribution is -0.384. The van der Waals surface area contributed by atoms with Crippen molar-refractivity contribution in [2.75, 3.05) is 13.2 Å². The third kappa shape index (κ3) is 5.23. The fourth-order valence-electron chi connectivity index (χ4n) is 1.34. The number of carbonyl (C=O) groups excluding carboxylic acids is 1. The molecule has 1 rings (SSSR count). The highest BCUT2D eigenvalue weighted by atomic mass is 35.5. The summed E-state index contributed by atoms with van der Waals surface area (Å²) in [6.45, 7) is 2.97. The topological polar surface area (TPSA) is 78.7 Å². The standard InChI is InChI=1S/C12H14ClNO5/c1-2-18-7-3-4-12(15)19-9-5-6-11(14(16)17)10(13)8-9/h5-6,8H,2-4,7H2,1H3. The molecule has 7 heteroatoms. The number of ether oxygens (including phenoxy) is 2. The molecule has 1 aromatic rings. The molecule has 0 fully saturated rings. The number of benzene rings is 1. The van der Waals surface area contributed by atoms with Gasteiger partial charge in [-0.3, -0.25) is 14.9 Å². The predicted octanol–water partition coefficient (Wildman–Crippen LogP) is 2.97. The van der Waals surface area contributed by atoms with Crippen molar-refractivity contribution >= 4 is 23.3 Å². The van der Waals surface area contributed by atoms with E-state index in [4.69, 9.17) is 21.1 Å². The summed E-state index contributed by atoms with van der Waals surface area (Å²) >= 11 is 5.70. The lowest BCUT2D eigenvalue weighted by Gasteiger charge is -2.05. The zero-order valence-electron chi connectivity index (χ0n) is 10.4. The van der Waals surface area contributed by atoms with E-state index in [9.17, 15) is 14.9 Å². The molecule has 0 amide bonds. The molecule has 0 radical (unpaired) electrons. The summed E-state index contributed by atoms with van der Waals surface area (Å²) in [4.78, 5) is 21.4. The Morgan fingerprint density at radius 3 is 2.79 bits per heavy atom. The smallest absolute Gasteiger partial charge is 0.311 e. The first-order valence-electron chi connectivity index (χ1n) is 5.77. The minimum absolute atomic E-state index is 0.0652. The Morgan fingerprint density at radius 2 is 2.21 bits per heavy atom. The number of rotatable bonds is 7. The summed E-state index contributed by atoms with van der Waals surface area (Å²) in [6.07, 6.45) is 0.780. The first-order valence-corrected chi connectivity index (χ1v) is 6.14. The van der Waals surface area contributed by atoms with Crippen molar-refractivity contribution in [1.82, 2.24) is 0 Å². The van der Waals surface area contributed by atoms with Crippen molar-refractivity contribution in [3.05, 3.63) is 33.3 Å². The molecule has 6 nitrogen and oxygen atoms in total. The van der Waals surface area contributed by atoms with E-state index >= 15 is 0 Å². The van der Waals surface area contributed by atoms with E-state index in [2.05, 4.69) is 0 Å². The Bertz CT molecular complexity index is 463. The summed E-state index contributed by atoms with van der Waals surface area (Å²) < 4.78 is 10.1. The van der Waals surface area contributed by atoms with Gasteiger partial charge in [0.2, 0.25) is 0 Å². The van der Waals surface area contributed by atoms with Crippen molar-refractivity contribution in [3.8, 4) is 5.75 Å². The SMILES string of the molecule is CCOCCCC(=O)Oc1ccc([N+](=O)[O-])c(Cl)c1. The number of carbonyl (C=O) groups is 1. The molecule has 0 aliphatic rings. The summed E-state index contributed by atoms with van der Waals surface area (Å²) in [5, 5.41) is 10.5. The van der Waals surface area contributed by atoms with Crippen molar-refractivity contribution < 1.29 is 19.2 Å². The molecule has 19 heavy (non-hydrogen) atoms. The van der Waals surface area contributed by atoms with E-state index < -0.39 is 10.9 Å². The number of hydrogen-bond acceptors (Lipinski definition) is 5. The second-order valence-corrected chi connectivity index (χ2v) is 4.05. The molecule has 0 unspecified atom stereocenters. The van der Waals surface area contributed by atoms with Crippen LogP contribution in [0.1, 0.15) is 19.8 Å². The summed E-state index contributed by atoms with van der Waals surface area (Å²) in [5.74, 6) is -0.235. The molecule has 0 aromatic heterocycles. The lowest BCUT2D eigenvalue weighted by Crippen LogP contribution is -2.09. The molecule has 0 atom stereocenters. The summed E-state index contributed by atoms with van der Waals surface area (Å²) in [6, 6.07) is 3.79. The second-order valence-electron chi connectivity index (χ2n) is 3.64. The van der Waals surface area contributed by atoms with Crippen LogP contribution >= 0.6 is 11.6 Å². The zero-order chi connectivity index (χ0) is 14.3. The molecule has 0 saturated carbocycles. The minimum Gasteiger partial charge on any atom is -0.426 e. The van der Waals surface area contributed by atoms with Gasteiger partial charge in [-0.25, -0.2) is 0 Å². The van der Waals surface area contributed by atoms with Crippen LogP contribution in [0.15, 0.2) is 18.2 Å². The van der Waals surface area contributed by atoms with Gasteiger partial charge in [0.1, 0.15) is 10.8 Å². The van der Waals surface area contributed by atoms with Crippen LogP contribution in [0.25, 0.3) is 0 Å². The van der Waals surface area contributed by atoms with Gasteiger partial charge in [-0.2, -0.15) is 0 Å². The average molecular weight is 288 g/mol. The Hall–Kier alpha value is -1.66. The van der Waals surface area contributed by atoms with Gasteiger partial charge in [-0.1, -0.05) is 11.6 Å². The molecule has 0 aliphatic carbocycles. The number of nitrogens with zero attached hydrogens (tertiary/aromatic N) is 1. The highest BCUT2D eigenvalue weighted by molar-refractivity contribution is 6.32. The van der Waals surface area contributed by atoms with E-state index in [-0.39, 0.29) is 22.9 Å². The largest absolute Gasteiger partial charge is 0.426 e. The first-order chi connectivity index (χ1) is 9.04. The number of nitro benzene ring substituents is 1. The maximum absolute atomic E-state index is 11.5. The summed E-state index contributed by atoms with van der Waals surface area (Å²) in [5.41, 5.74) is -0.224. The molecular formula is C12H14ClNO5. The van der Waals surface area contributed by atoms with Crippen LogP contribution in [0.3, 0.4) is 0 Å². The quantitative estimate of drug-likeness (QED) is 0.253. The Balaban J connectivity index is 2.51. The first kappa shape index (κ1) is 15.4. The molecule has 0 heterocycles. The minimum atomic E-state index is -0.601. The Kier molecular flexibility index (Phi) is 6.24. The molecular weight excluding hydrogens is 274 g/mol. The Labute approximate surface area is 115 Å². The normalized spacial score (nSPS) is 10.2. The highest BCUT2D eigenvalue weighted by Crippen LogP contribution is 2.28. The van der Waals surface area contributed by atoms with E-state index in [0.717, 1.165) is 0 Å². The van der Waals surface area contributed by atoms with Crippen LogP contribution in [0.5, 0.6) is 5.75 Å². The monoisotopic (exact) mass is 287 g/mol. The van der Waals surface area contributed by atoms with Gasteiger partial charge in [0.25, 0.3) is 5.69 Å².